The van der Waals surface area contributed by atoms with E-state index in [1.165, 1.54) is 6.07 Å². The van der Waals surface area contributed by atoms with Crippen molar-refractivity contribution in [1.82, 2.24) is 10.6 Å². The third kappa shape index (κ3) is 3.21. The molecule has 98 valence electrons. The van der Waals surface area contributed by atoms with Gasteiger partial charge in [-0.25, -0.2) is 4.39 Å². The van der Waals surface area contributed by atoms with E-state index in [4.69, 9.17) is 11.6 Å². The number of amides is 1. The quantitative estimate of drug-likeness (QED) is 0.884. The lowest BCUT2D eigenvalue weighted by Crippen LogP contribution is -2.46. The Balaban J connectivity index is 1.90. The fourth-order valence-electron chi connectivity index (χ4n) is 2.07. The summed E-state index contributed by atoms with van der Waals surface area (Å²) in [6.07, 6.45) is 2.99. The first-order valence-corrected chi connectivity index (χ1v) is 6.50. The third-order valence-electron chi connectivity index (χ3n) is 3.11. The second kappa shape index (κ2) is 6.16. The molecule has 18 heavy (non-hydrogen) atoms. The molecule has 1 aromatic rings. The normalized spacial score (nSPS) is 19.6. The van der Waals surface area contributed by atoms with Gasteiger partial charge in [-0.15, -0.1) is 0 Å². The van der Waals surface area contributed by atoms with Crippen molar-refractivity contribution >= 4 is 17.5 Å². The summed E-state index contributed by atoms with van der Waals surface area (Å²) in [4.78, 5) is 11.8. The first-order valence-electron chi connectivity index (χ1n) is 6.12. The van der Waals surface area contributed by atoms with Crippen LogP contribution in [0.15, 0.2) is 18.2 Å². The molecule has 0 radical (unpaired) electrons. The number of hydrogen-bond acceptors (Lipinski definition) is 2. The molecule has 2 rings (SSSR count). The molecule has 1 aliphatic rings. The lowest BCUT2D eigenvalue weighted by atomic mass is 10.0. The van der Waals surface area contributed by atoms with Crippen LogP contribution in [0.5, 0.6) is 0 Å². The fourth-order valence-corrected chi connectivity index (χ4v) is 2.26. The van der Waals surface area contributed by atoms with Crippen molar-refractivity contribution in [1.29, 1.82) is 0 Å². The number of carbonyl (C=O) groups excluding carboxylic acids is 1. The molecular formula is C13H16ClFN2O. The summed E-state index contributed by atoms with van der Waals surface area (Å²) in [5, 5.41) is 5.97. The Morgan fingerprint density at radius 1 is 1.50 bits per heavy atom. The molecular weight excluding hydrogens is 255 g/mol. The number of piperidine rings is 1. The van der Waals surface area contributed by atoms with Gasteiger partial charge in [0.15, 0.2) is 0 Å². The Labute approximate surface area is 111 Å². The average molecular weight is 271 g/mol. The van der Waals surface area contributed by atoms with Crippen molar-refractivity contribution in [2.45, 2.75) is 31.8 Å². The molecule has 1 atom stereocenters. The van der Waals surface area contributed by atoms with Crippen LogP contribution in [-0.2, 0) is 11.3 Å². The van der Waals surface area contributed by atoms with E-state index in [0.717, 1.165) is 25.8 Å². The number of carbonyl (C=O) groups is 1. The van der Waals surface area contributed by atoms with E-state index in [9.17, 15) is 9.18 Å². The highest BCUT2D eigenvalue weighted by Crippen LogP contribution is 2.17. The minimum absolute atomic E-state index is 0.0749. The van der Waals surface area contributed by atoms with Crippen LogP contribution < -0.4 is 10.6 Å². The van der Waals surface area contributed by atoms with Crippen molar-refractivity contribution in [3.63, 3.8) is 0 Å². The molecule has 0 bridgehead atoms. The Hall–Kier alpha value is -1.13. The van der Waals surface area contributed by atoms with Crippen molar-refractivity contribution in [3.05, 3.63) is 34.6 Å². The van der Waals surface area contributed by atoms with E-state index < -0.39 is 5.82 Å². The van der Waals surface area contributed by atoms with Gasteiger partial charge in [0.1, 0.15) is 5.82 Å². The van der Waals surface area contributed by atoms with Crippen LogP contribution in [0, 0.1) is 5.82 Å². The molecule has 0 unspecified atom stereocenters. The number of rotatable bonds is 3. The zero-order valence-electron chi connectivity index (χ0n) is 10.0. The monoisotopic (exact) mass is 270 g/mol. The smallest absolute Gasteiger partial charge is 0.237 e. The standard InChI is InChI=1S/C13H16ClFN2O/c14-10-5-3-4-9(12(10)15)8-17-13(18)11-6-1-2-7-16-11/h3-5,11,16H,1-2,6-8H2,(H,17,18)/t11-/m0/s1. The van der Waals surface area contributed by atoms with E-state index in [1.54, 1.807) is 12.1 Å². The van der Waals surface area contributed by atoms with E-state index >= 15 is 0 Å². The summed E-state index contributed by atoms with van der Waals surface area (Å²) in [5.41, 5.74) is 0.409. The van der Waals surface area contributed by atoms with Gasteiger partial charge < -0.3 is 10.6 Å². The molecule has 1 saturated heterocycles. The van der Waals surface area contributed by atoms with Crippen LogP contribution in [0.2, 0.25) is 5.02 Å². The largest absolute Gasteiger partial charge is 0.351 e. The summed E-state index contributed by atoms with van der Waals surface area (Å²) in [6.45, 7) is 1.03. The van der Waals surface area contributed by atoms with Gasteiger partial charge in [0, 0.05) is 12.1 Å². The molecule has 1 aliphatic heterocycles. The van der Waals surface area contributed by atoms with E-state index in [2.05, 4.69) is 10.6 Å². The number of benzene rings is 1. The molecule has 0 spiro atoms. The topological polar surface area (TPSA) is 41.1 Å². The lowest BCUT2D eigenvalue weighted by molar-refractivity contribution is -0.123. The molecule has 0 aromatic heterocycles. The predicted molar refractivity (Wildman–Crippen MR) is 68.9 cm³/mol. The molecule has 2 N–H and O–H groups in total. The van der Waals surface area contributed by atoms with Gasteiger partial charge in [-0.2, -0.15) is 0 Å². The van der Waals surface area contributed by atoms with Gasteiger partial charge in [-0.3, -0.25) is 4.79 Å². The molecule has 3 nitrogen and oxygen atoms in total. The van der Waals surface area contributed by atoms with E-state index in [0.29, 0.717) is 5.56 Å². The molecule has 1 aromatic carbocycles. The summed E-state index contributed by atoms with van der Waals surface area (Å²) in [6, 6.07) is 4.63. The maximum Gasteiger partial charge on any atom is 0.237 e. The average Bonchev–Trinajstić information content (AvgIpc) is 2.41. The van der Waals surface area contributed by atoms with Crippen LogP contribution in [0.3, 0.4) is 0 Å². The van der Waals surface area contributed by atoms with Gasteiger partial charge in [-0.1, -0.05) is 30.2 Å². The number of hydrogen-bond donors (Lipinski definition) is 2. The van der Waals surface area contributed by atoms with Crippen LogP contribution in [0.4, 0.5) is 4.39 Å². The van der Waals surface area contributed by atoms with Crippen molar-refractivity contribution in [2.75, 3.05) is 6.54 Å². The summed E-state index contributed by atoms with van der Waals surface area (Å²) in [7, 11) is 0. The summed E-state index contributed by atoms with van der Waals surface area (Å²) >= 11 is 5.68. The fraction of sp³-hybridized carbons (Fsp3) is 0.462. The van der Waals surface area contributed by atoms with Crippen molar-refractivity contribution < 1.29 is 9.18 Å². The summed E-state index contributed by atoms with van der Waals surface area (Å²) in [5.74, 6) is -0.537. The molecule has 5 heteroatoms. The van der Waals surface area contributed by atoms with Gasteiger partial charge in [0.25, 0.3) is 0 Å². The molecule has 1 fully saturated rings. The number of nitrogens with one attached hydrogen (secondary N) is 2. The Morgan fingerprint density at radius 3 is 3.06 bits per heavy atom. The van der Waals surface area contributed by atoms with E-state index in [-0.39, 0.29) is 23.5 Å². The molecule has 1 heterocycles. The highest BCUT2D eigenvalue weighted by molar-refractivity contribution is 6.30. The van der Waals surface area contributed by atoms with Crippen molar-refractivity contribution in [3.8, 4) is 0 Å². The molecule has 0 aliphatic carbocycles. The minimum Gasteiger partial charge on any atom is -0.351 e. The SMILES string of the molecule is O=C(NCc1cccc(Cl)c1F)[C@@H]1CCCCN1. The van der Waals surface area contributed by atoms with Gasteiger partial charge in [0.05, 0.1) is 11.1 Å². The first-order chi connectivity index (χ1) is 8.68. The Kier molecular flexibility index (Phi) is 4.55. The molecule has 0 saturated carbocycles. The minimum atomic E-state index is -0.462. The second-order valence-electron chi connectivity index (χ2n) is 4.43. The van der Waals surface area contributed by atoms with Crippen LogP contribution in [0.1, 0.15) is 24.8 Å². The lowest BCUT2D eigenvalue weighted by Gasteiger charge is -2.22. The highest BCUT2D eigenvalue weighted by atomic mass is 35.5. The van der Waals surface area contributed by atoms with Gasteiger partial charge >= 0.3 is 0 Å². The third-order valence-corrected chi connectivity index (χ3v) is 3.40. The highest BCUT2D eigenvalue weighted by Gasteiger charge is 2.20. The van der Waals surface area contributed by atoms with E-state index in [1.807, 2.05) is 0 Å². The first kappa shape index (κ1) is 13.3. The van der Waals surface area contributed by atoms with Crippen LogP contribution in [0.25, 0.3) is 0 Å². The zero-order valence-corrected chi connectivity index (χ0v) is 10.8. The number of halogens is 2. The maximum absolute atomic E-state index is 13.6. The Morgan fingerprint density at radius 2 is 2.33 bits per heavy atom. The molecule has 1 amide bonds. The van der Waals surface area contributed by atoms with Gasteiger partial charge in [0.2, 0.25) is 5.91 Å². The predicted octanol–water partition coefficient (Wildman–Crippen LogP) is 2.24. The second-order valence-corrected chi connectivity index (χ2v) is 4.84. The van der Waals surface area contributed by atoms with Crippen LogP contribution >= 0.6 is 11.6 Å². The van der Waals surface area contributed by atoms with Gasteiger partial charge in [-0.05, 0) is 25.5 Å². The Bertz CT molecular complexity index is 433. The maximum atomic E-state index is 13.6. The summed E-state index contributed by atoms with van der Waals surface area (Å²) < 4.78 is 13.6. The zero-order chi connectivity index (χ0) is 13.0. The van der Waals surface area contributed by atoms with Crippen molar-refractivity contribution in [2.24, 2.45) is 0 Å². The van der Waals surface area contributed by atoms with Crippen LogP contribution in [-0.4, -0.2) is 18.5 Å².